The minimum Gasteiger partial charge on any atom is -0.550 e. The maximum Gasteiger partial charge on any atom is 0.152 e. The Morgan fingerprint density at radius 3 is 1.96 bits per heavy atom. The van der Waals surface area contributed by atoms with Crippen LogP contribution in [0.5, 0.6) is 0 Å². The van der Waals surface area contributed by atoms with Crippen molar-refractivity contribution in [1.29, 1.82) is 0 Å². The van der Waals surface area contributed by atoms with Crippen molar-refractivity contribution in [2.45, 2.75) is 6.42 Å². The summed E-state index contributed by atoms with van der Waals surface area (Å²) >= 11 is 0. The van der Waals surface area contributed by atoms with Gasteiger partial charge >= 0.3 is 0 Å². The minimum atomic E-state index is -1.16. The van der Waals surface area contributed by atoms with Gasteiger partial charge < -0.3 is 9.90 Å². The number of carboxylic acid groups (broad SMARTS) is 1. The van der Waals surface area contributed by atoms with Crippen molar-refractivity contribution < 1.29 is 9.90 Å². The fourth-order valence-corrected chi connectivity index (χ4v) is 2.38. The van der Waals surface area contributed by atoms with Crippen LogP contribution < -0.4 is 5.11 Å². The predicted octanol–water partition coefficient (Wildman–Crippen LogP) is 2.54. The lowest BCUT2D eigenvalue weighted by Crippen LogP contribution is -2.24. The number of rotatable bonds is 5. The molecule has 3 rings (SSSR count). The van der Waals surface area contributed by atoms with Crippen LogP contribution in [0.4, 0.5) is 5.82 Å². The average Bonchev–Trinajstić information content (AvgIpc) is 2.61. The lowest BCUT2D eigenvalue weighted by molar-refractivity contribution is -0.304. The Bertz CT molecular complexity index is 818. The lowest BCUT2D eigenvalue weighted by atomic mass is 10.0. The third kappa shape index (κ3) is 3.93. The van der Waals surface area contributed by atoms with Gasteiger partial charge in [-0.25, -0.2) is 9.98 Å². The zero-order chi connectivity index (χ0) is 16.8. The zero-order valence-corrected chi connectivity index (χ0v) is 12.9. The van der Waals surface area contributed by atoms with Crippen molar-refractivity contribution in [2.24, 2.45) is 4.99 Å². The number of pyridine rings is 1. The van der Waals surface area contributed by atoms with Crippen molar-refractivity contribution in [3.05, 3.63) is 95.7 Å². The van der Waals surface area contributed by atoms with Gasteiger partial charge in [0.25, 0.3) is 0 Å². The number of nitrogens with zero attached hydrogens (tertiary/aromatic N) is 2. The maximum atomic E-state index is 10.8. The van der Waals surface area contributed by atoms with E-state index in [0.717, 1.165) is 16.8 Å². The van der Waals surface area contributed by atoms with Crippen LogP contribution >= 0.6 is 0 Å². The van der Waals surface area contributed by atoms with Gasteiger partial charge in [-0.15, -0.1) is 0 Å². The molecule has 24 heavy (non-hydrogen) atoms. The van der Waals surface area contributed by atoms with Crippen LogP contribution in [-0.2, 0) is 11.2 Å². The van der Waals surface area contributed by atoms with Gasteiger partial charge in [0.15, 0.2) is 5.82 Å². The molecule has 1 aromatic heterocycles. The molecule has 0 N–H and O–H groups in total. The molecule has 0 spiro atoms. The highest BCUT2D eigenvalue weighted by atomic mass is 16.4. The first-order valence-electron chi connectivity index (χ1n) is 7.58. The van der Waals surface area contributed by atoms with Crippen molar-refractivity contribution in [2.75, 3.05) is 0 Å². The number of carbonyl (C=O) groups is 1. The molecule has 0 atom stereocenters. The standard InChI is InChI=1S/C20H16N2O2/c23-19(24)14-17-12-7-13-18(21-17)22-20(15-8-3-1-4-9-15)16-10-5-2-6-11-16/h1-13H,14H2,(H,23,24)/p-1. The molecule has 1 heterocycles. The van der Waals surface area contributed by atoms with Gasteiger partial charge in [0.2, 0.25) is 0 Å². The summed E-state index contributed by atoms with van der Waals surface area (Å²) in [6.07, 6.45) is -0.227. The number of carboxylic acids is 1. The number of carbonyl (C=O) groups excluding carboxylic acids is 1. The molecule has 0 unspecified atom stereocenters. The highest BCUT2D eigenvalue weighted by molar-refractivity contribution is 6.13. The van der Waals surface area contributed by atoms with Gasteiger partial charge in [-0.1, -0.05) is 66.7 Å². The van der Waals surface area contributed by atoms with Crippen LogP contribution in [0, 0.1) is 0 Å². The molecule has 2 aromatic carbocycles. The summed E-state index contributed by atoms with van der Waals surface area (Å²) in [6, 6.07) is 24.8. The fraction of sp³-hybridized carbons (Fsp3) is 0.0500. The van der Waals surface area contributed by atoms with Crippen LogP contribution in [0.3, 0.4) is 0 Å². The van der Waals surface area contributed by atoms with E-state index in [1.54, 1.807) is 18.2 Å². The van der Waals surface area contributed by atoms with E-state index >= 15 is 0 Å². The van der Waals surface area contributed by atoms with E-state index in [0.29, 0.717) is 11.5 Å². The molecule has 0 saturated carbocycles. The van der Waals surface area contributed by atoms with E-state index in [1.165, 1.54) is 0 Å². The van der Waals surface area contributed by atoms with Crippen LogP contribution in [0.15, 0.2) is 83.9 Å². The fourth-order valence-electron chi connectivity index (χ4n) is 2.38. The van der Waals surface area contributed by atoms with E-state index in [9.17, 15) is 9.90 Å². The quantitative estimate of drug-likeness (QED) is 0.680. The minimum absolute atomic E-state index is 0.227. The molecule has 0 radical (unpaired) electrons. The molecule has 0 bridgehead atoms. The Hall–Kier alpha value is -3.27. The van der Waals surface area contributed by atoms with E-state index in [2.05, 4.69) is 9.98 Å². The molecule has 0 aliphatic rings. The van der Waals surface area contributed by atoms with Crippen molar-refractivity contribution in [3.63, 3.8) is 0 Å². The molecule has 3 aromatic rings. The SMILES string of the molecule is O=C([O-])Cc1cccc(N=C(c2ccccc2)c2ccccc2)n1. The molecule has 0 aliphatic heterocycles. The Morgan fingerprint density at radius 1 is 0.833 bits per heavy atom. The number of benzene rings is 2. The van der Waals surface area contributed by atoms with Gasteiger partial charge in [-0.2, -0.15) is 0 Å². The maximum absolute atomic E-state index is 10.8. The summed E-state index contributed by atoms with van der Waals surface area (Å²) in [5.74, 6) is -0.688. The Balaban J connectivity index is 2.06. The summed E-state index contributed by atoms with van der Waals surface area (Å²) in [7, 11) is 0. The highest BCUT2D eigenvalue weighted by Gasteiger charge is 2.07. The van der Waals surface area contributed by atoms with E-state index in [-0.39, 0.29) is 6.42 Å². The Labute approximate surface area is 140 Å². The number of aliphatic imine (C=N–C) groups is 1. The van der Waals surface area contributed by atoms with Crippen LogP contribution in [0.2, 0.25) is 0 Å². The monoisotopic (exact) mass is 315 g/mol. The molecular formula is C20H15N2O2-. The van der Waals surface area contributed by atoms with Crippen molar-refractivity contribution >= 4 is 17.5 Å². The van der Waals surface area contributed by atoms with Crippen molar-refractivity contribution in [3.8, 4) is 0 Å². The first kappa shape index (κ1) is 15.6. The van der Waals surface area contributed by atoms with Gasteiger partial charge in [0.1, 0.15) is 0 Å². The van der Waals surface area contributed by atoms with E-state index < -0.39 is 5.97 Å². The van der Waals surface area contributed by atoms with Gasteiger partial charge in [0, 0.05) is 29.2 Å². The molecule has 4 heteroatoms. The normalized spacial score (nSPS) is 10.2. The molecule has 0 saturated heterocycles. The van der Waals surface area contributed by atoms with E-state index in [4.69, 9.17) is 0 Å². The summed E-state index contributed by atoms with van der Waals surface area (Å²) in [5, 5.41) is 10.8. The largest absolute Gasteiger partial charge is 0.550 e. The summed E-state index contributed by atoms with van der Waals surface area (Å²) in [4.78, 5) is 19.7. The molecule has 0 aliphatic carbocycles. The Kier molecular flexibility index (Phi) is 4.77. The predicted molar refractivity (Wildman–Crippen MR) is 91.1 cm³/mol. The molecule has 0 amide bonds. The smallest absolute Gasteiger partial charge is 0.152 e. The highest BCUT2D eigenvalue weighted by Crippen LogP contribution is 2.17. The second-order valence-electron chi connectivity index (χ2n) is 5.23. The molecule has 0 fully saturated rings. The molecular weight excluding hydrogens is 300 g/mol. The summed E-state index contributed by atoms with van der Waals surface area (Å²) in [6.45, 7) is 0. The van der Waals surface area contributed by atoms with Crippen LogP contribution in [0.25, 0.3) is 0 Å². The Morgan fingerprint density at radius 2 is 1.42 bits per heavy atom. The molecule has 118 valence electrons. The van der Waals surface area contributed by atoms with E-state index in [1.807, 2.05) is 60.7 Å². The lowest BCUT2D eigenvalue weighted by Gasteiger charge is -2.08. The van der Waals surface area contributed by atoms with Crippen LogP contribution in [-0.4, -0.2) is 16.7 Å². The number of hydrogen-bond donors (Lipinski definition) is 0. The summed E-state index contributed by atoms with van der Waals surface area (Å²) < 4.78 is 0. The van der Waals surface area contributed by atoms with Gasteiger partial charge in [0.05, 0.1) is 5.71 Å². The first-order chi connectivity index (χ1) is 11.7. The van der Waals surface area contributed by atoms with Gasteiger partial charge in [-0.3, -0.25) is 0 Å². The number of aliphatic carboxylic acids is 1. The summed E-state index contributed by atoms with van der Waals surface area (Å²) in [5.41, 5.74) is 3.15. The average molecular weight is 315 g/mol. The number of hydrogen-bond acceptors (Lipinski definition) is 4. The second kappa shape index (κ2) is 7.33. The first-order valence-corrected chi connectivity index (χ1v) is 7.58. The van der Waals surface area contributed by atoms with Gasteiger partial charge in [-0.05, 0) is 12.1 Å². The third-order valence-corrected chi connectivity index (χ3v) is 3.44. The van der Waals surface area contributed by atoms with Crippen LogP contribution in [0.1, 0.15) is 16.8 Å². The molecule has 4 nitrogen and oxygen atoms in total. The zero-order valence-electron chi connectivity index (χ0n) is 12.9. The topological polar surface area (TPSA) is 65.4 Å². The third-order valence-electron chi connectivity index (χ3n) is 3.44. The van der Waals surface area contributed by atoms with Crippen molar-refractivity contribution in [1.82, 2.24) is 4.98 Å². The number of aromatic nitrogens is 1. The second-order valence-corrected chi connectivity index (χ2v) is 5.23.